The summed E-state index contributed by atoms with van der Waals surface area (Å²) in [7, 11) is -3.17. The van der Waals surface area contributed by atoms with Gasteiger partial charge in [-0.1, -0.05) is 0 Å². The summed E-state index contributed by atoms with van der Waals surface area (Å²) in [5, 5.41) is 3.21. The Kier molecular flexibility index (Phi) is 4.72. The number of benzene rings is 1. The Bertz CT molecular complexity index is 580. The van der Waals surface area contributed by atoms with Crippen LogP contribution in [0.1, 0.15) is 12.8 Å². The monoisotopic (exact) mass is 314 g/mol. The maximum absolute atomic E-state index is 11.3. The van der Waals surface area contributed by atoms with Gasteiger partial charge in [0.05, 0.1) is 10.9 Å². The molecule has 110 valence electrons. The Morgan fingerprint density at radius 3 is 2.45 bits per heavy atom. The van der Waals surface area contributed by atoms with Gasteiger partial charge in [-0.15, -0.1) is 11.8 Å². The second-order valence-corrected chi connectivity index (χ2v) is 8.06. The van der Waals surface area contributed by atoms with E-state index >= 15 is 0 Å². The molecule has 0 saturated heterocycles. The lowest BCUT2D eigenvalue weighted by Crippen LogP contribution is -2.44. The van der Waals surface area contributed by atoms with Crippen LogP contribution in [0.5, 0.6) is 0 Å². The molecule has 2 rings (SSSR count). The largest absolute Gasteiger partial charge is 0.368 e. The van der Waals surface area contributed by atoms with Crippen LogP contribution in [0.4, 0.5) is 0 Å². The highest BCUT2D eigenvalue weighted by Gasteiger charge is 2.27. The summed E-state index contributed by atoms with van der Waals surface area (Å²) < 4.78 is 22.7. The number of primary amides is 1. The number of carbonyl (C=O) groups is 1. The third-order valence-electron chi connectivity index (χ3n) is 3.03. The molecule has 1 aromatic carbocycles. The Labute approximate surface area is 123 Å². The molecule has 1 aliphatic carbocycles. The SMILES string of the molecule is CS(=O)(=O)c1ccc(SCC(NC2CC2)C(N)=O)cc1. The molecular formula is C13H18N2O3S2. The van der Waals surface area contributed by atoms with Crippen LogP contribution in [0.25, 0.3) is 0 Å². The first-order valence-corrected chi connectivity index (χ1v) is 9.22. The van der Waals surface area contributed by atoms with Crippen molar-refractivity contribution in [2.75, 3.05) is 12.0 Å². The fourth-order valence-corrected chi connectivity index (χ4v) is 3.29. The minimum Gasteiger partial charge on any atom is -0.368 e. The lowest BCUT2D eigenvalue weighted by atomic mass is 10.3. The van der Waals surface area contributed by atoms with Gasteiger partial charge in [0, 0.05) is 22.9 Å². The molecule has 0 heterocycles. The third-order valence-corrected chi connectivity index (χ3v) is 5.26. The van der Waals surface area contributed by atoms with Crippen LogP contribution in [0.3, 0.4) is 0 Å². The number of hydrogen-bond acceptors (Lipinski definition) is 5. The molecule has 20 heavy (non-hydrogen) atoms. The van der Waals surface area contributed by atoms with E-state index in [-0.39, 0.29) is 11.9 Å². The van der Waals surface area contributed by atoms with Crippen molar-refractivity contribution in [2.24, 2.45) is 5.73 Å². The number of rotatable bonds is 7. The summed E-state index contributed by atoms with van der Waals surface area (Å²) in [6.07, 6.45) is 3.37. The minimum absolute atomic E-state index is 0.296. The molecule has 5 nitrogen and oxygen atoms in total. The van der Waals surface area contributed by atoms with Gasteiger partial charge in [0.15, 0.2) is 9.84 Å². The van der Waals surface area contributed by atoms with Crippen molar-refractivity contribution >= 4 is 27.5 Å². The zero-order chi connectivity index (χ0) is 14.8. The van der Waals surface area contributed by atoms with E-state index in [1.165, 1.54) is 18.0 Å². The number of nitrogens with one attached hydrogen (secondary N) is 1. The summed E-state index contributed by atoms with van der Waals surface area (Å²) in [5.74, 6) is 0.196. The highest BCUT2D eigenvalue weighted by molar-refractivity contribution is 7.99. The van der Waals surface area contributed by atoms with Gasteiger partial charge in [-0.05, 0) is 37.1 Å². The molecule has 7 heteroatoms. The van der Waals surface area contributed by atoms with Crippen LogP contribution in [-0.4, -0.2) is 38.4 Å². The van der Waals surface area contributed by atoms with Crippen LogP contribution in [0.2, 0.25) is 0 Å². The fourth-order valence-electron chi connectivity index (χ4n) is 1.71. The second kappa shape index (κ2) is 6.15. The quantitative estimate of drug-likeness (QED) is 0.726. The van der Waals surface area contributed by atoms with E-state index in [2.05, 4.69) is 5.32 Å². The Balaban J connectivity index is 1.93. The van der Waals surface area contributed by atoms with Gasteiger partial charge in [0.25, 0.3) is 0 Å². The molecule has 1 aliphatic rings. The van der Waals surface area contributed by atoms with Crippen LogP contribution >= 0.6 is 11.8 Å². The van der Waals surface area contributed by atoms with Gasteiger partial charge in [-0.3, -0.25) is 4.79 Å². The van der Waals surface area contributed by atoms with Crippen LogP contribution in [0, 0.1) is 0 Å². The first-order valence-electron chi connectivity index (χ1n) is 6.34. The van der Waals surface area contributed by atoms with Gasteiger partial charge >= 0.3 is 0 Å². The molecule has 0 spiro atoms. The van der Waals surface area contributed by atoms with Gasteiger partial charge in [0.1, 0.15) is 0 Å². The van der Waals surface area contributed by atoms with Crippen LogP contribution in [-0.2, 0) is 14.6 Å². The number of thioether (sulfide) groups is 1. The molecule has 1 saturated carbocycles. The topological polar surface area (TPSA) is 89.3 Å². The molecule has 0 aromatic heterocycles. The Hall–Kier alpha value is -1.05. The van der Waals surface area contributed by atoms with Crippen molar-refractivity contribution in [1.82, 2.24) is 5.32 Å². The lowest BCUT2D eigenvalue weighted by Gasteiger charge is -2.14. The highest BCUT2D eigenvalue weighted by atomic mass is 32.2. The molecule has 1 aromatic rings. The lowest BCUT2D eigenvalue weighted by molar-refractivity contribution is -0.119. The molecule has 1 fully saturated rings. The summed E-state index contributed by atoms with van der Waals surface area (Å²) in [6.45, 7) is 0. The van der Waals surface area contributed by atoms with Gasteiger partial charge in [-0.25, -0.2) is 8.42 Å². The second-order valence-electron chi connectivity index (χ2n) is 4.95. The smallest absolute Gasteiger partial charge is 0.235 e. The number of hydrogen-bond donors (Lipinski definition) is 2. The van der Waals surface area contributed by atoms with Crippen molar-refractivity contribution < 1.29 is 13.2 Å². The van der Waals surface area contributed by atoms with Gasteiger partial charge in [0.2, 0.25) is 5.91 Å². The summed E-state index contributed by atoms with van der Waals surface area (Å²) in [4.78, 5) is 12.6. The highest BCUT2D eigenvalue weighted by Crippen LogP contribution is 2.23. The molecule has 0 aliphatic heterocycles. The normalized spacial score (nSPS) is 16.9. The fraction of sp³-hybridized carbons (Fsp3) is 0.462. The standard InChI is InChI=1S/C13H18N2O3S2/c1-20(17,18)11-6-4-10(5-7-11)19-8-12(13(14)16)15-9-2-3-9/h4-7,9,12,15H,2-3,8H2,1H3,(H2,14,16). The number of amides is 1. The number of sulfone groups is 1. The summed E-state index contributed by atoms with van der Waals surface area (Å²) >= 11 is 1.49. The van der Waals surface area contributed by atoms with Gasteiger partial charge < -0.3 is 11.1 Å². The molecule has 3 N–H and O–H groups in total. The van der Waals surface area contributed by atoms with E-state index < -0.39 is 9.84 Å². The molecule has 1 atom stereocenters. The molecular weight excluding hydrogens is 296 g/mol. The van der Waals surface area contributed by atoms with Crippen molar-refractivity contribution in [2.45, 2.75) is 34.7 Å². The number of nitrogens with two attached hydrogens (primary N) is 1. The Morgan fingerprint density at radius 1 is 1.40 bits per heavy atom. The van der Waals surface area contributed by atoms with E-state index in [0.29, 0.717) is 16.7 Å². The van der Waals surface area contributed by atoms with E-state index in [9.17, 15) is 13.2 Å². The predicted molar refractivity (Wildman–Crippen MR) is 79.4 cm³/mol. The van der Waals surface area contributed by atoms with E-state index in [1.807, 2.05) is 0 Å². The van der Waals surface area contributed by atoms with E-state index in [0.717, 1.165) is 17.7 Å². The average Bonchev–Trinajstić information content (AvgIpc) is 3.17. The van der Waals surface area contributed by atoms with Gasteiger partial charge in [-0.2, -0.15) is 0 Å². The van der Waals surface area contributed by atoms with Crippen LogP contribution < -0.4 is 11.1 Å². The first kappa shape index (κ1) is 15.3. The molecule has 1 unspecified atom stereocenters. The number of carbonyl (C=O) groups excluding carboxylic acids is 1. The third kappa shape index (κ3) is 4.50. The zero-order valence-corrected chi connectivity index (χ0v) is 12.8. The van der Waals surface area contributed by atoms with Crippen LogP contribution in [0.15, 0.2) is 34.1 Å². The summed E-state index contributed by atoms with van der Waals surface area (Å²) in [6, 6.07) is 6.71. The van der Waals surface area contributed by atoms with Crippen molar-refractivity contribution in [3.8, 4) is 0 Å². The van der Waals surface area contributed by atoms with Crippen molar-refractivity contribution in [3.05, 3.63) is 24.3 Å². The molecule has 0 radical (unpaired) electrons. The first-order chi connectivity index (χ1) is 9.36. The summed E-state index contributed by atoms with van der Waals surface area (Å²) in [5.41, 5.74) is 5.36. The predicted octanol–water partition coefficient (Wildman–Crippen LogP) is 0.788. The Morgan fingerprint density at radius 2 is 2.00 bits per heavy atom. The average molecular weight is 314 g/mol. The van der Waals surface area contributed by atoms with Crippen molar-refractivity contribution in [3.63, 3.8) is 0 Å². The molecule has 0 bridgehead atoms. The maximum Gasteiger partial charge on any atom is 0.235 e. The maximum atomic E-state index is 11.3. The van der Waals surface area contributed by atoms with Crippen molar-refractivity contribution in [1.29, 1.82) is 0 Å². The zero-order valence-electron chi connectivity index (χ0n) is 11.2. The minimum atomic E-state index is -3.17. The molecule has 1 amide bonds. The van der Waals surface area contributed by atoms with E-state index in [4.69, 9.17) is 5.73 Å². The van der Waals surface area contributed by atoms with E-state index in [1.54, 1.807) is 24.3 Å².